The van der Waals surface area contributed by atoms with E-state index in [1.807, 2.05) is 0 Å². The van der Waals surface area contributed by atoms with E-state index in [0.717, 1.165) is 0 Å². The van der Waals surface area contributed by atoms with E-state index in [2.05, 4.69) is 0 Å². The average Bonchev–Trinajstić information content (AvgIpc) is 2.28. The van der Waals surface area contributed by atoms with E-state index in [9.17, 15) is 14.9 Å². The van der Waals surface area contributed by atoms with Crippen LogP contribution < -0.4 is 4.74 Å². The zero-order valence-corrected chi connectivity index (χ0v) is 8.99. The maximum Gasteiger partial charge on any atom is 0.332 e. The van der Waals surface area contributed by atoms with Gasteiger partial charge in [-0.05, 0) is 11.6 Å². The smallest absolute Gasteiger partial charge is 0.332 e. The molecule has 92 valence electrons. The molecule has 0 aromatic heterocycles. The lowest BCUT2D eigenvalue weighted by Crippen LogP contribution is -2.21. The molecule has 0 amide bonds. The van der Waals surface area contributed by atoms with Crippen LogP contribution in [-0.2, 0) is 11.2 Å². The minimum atomic E-state index is -1.58. The molecule has 1 aromatic carbocycles. The van der Waals surface area contributed by atoms with Crippen molar-refractivity contribution in [3.63, 3.8) is 0 Å². The molecule has 0 heterocycles. The fourth-order valence-electron chi connectivity index (χ4n) is 1.32. The van der Waals surface area contributed by atoms with Crippen molar-refractivity contribution >= 4 is 11.7 Å². The number of hydrogen-bond donors (Lipinski definition) is 2. The van der Waals surface area contributed by atoms with Crippen molar-refractivity contribution in [1.82, 2.24) is 0 Å². The van der Waals surface area contributed by atoms with Gasteiger partial charge in [0.05, 0.1) is 12.0 Å². The van der Waals surface area contributed by atoms with Gasteiger partial charge < -0.3 is 14.9 Å². The zero-order valence-electron chi connectivity index (χ0n) is 8.99. The Balaban J connectivity index is 3.00. The molecule has 1 unspecified atom stereocenters. The average molecular weight is 241 g/mol. The Morgan fingerprint density at radius 3 is 2.71 bits per heavy atom. The van der Waals surface area contributed by atoms with E-state index in [1.165, 1.54) is 25.3 Å². The molecule has 0 bridgehead atoms. The van der Waals surface area contributed by atoms with Crippen molar-refractivity contribution in [3.05, 3.63) is 33.9 Å². The largest absolute Gasteiger partial charge is 0.490 e. The second kappa shape index (κ2) is 5.26. The number of carboxylic acids is 1. The first kappa shape index (κ1) is 12.9. The summed E-state index contributed by atoms with van der Waals surface area (Å²) in [5.41, 5.74) is 0.0926. The number of aliphatic carboxylic acids is 1. The van der Waals surface area contributed by atoms with E-state index in [0.29, 0.717) is 5.56 Å². The van der Waals surface area contributed by atoms with Crippen molar-refractivity contribution < 1.29 is 24.7 Å². The maximum absolute atomic E-state index is 10.7. The summed E-state index contributed by atoms with van der Waals surface area (Å²) in [6, 6.07) is 4.02. The molecular formula is C10H11NO6. The quantitative estimate of drug-likeness (QED) is 0.576. The number of ether oxygens (including phenoxy) is 1. The van der Waals surface area contributed by atoms with Crippen LogP contribution in [0.3, 0.4) is 0 Å². The molecule has 0 saturated carbocycles. The van der Waals surface area contributed by atoms with E-state index in [-0.39, 0.29) is 17.9 Å². The Bertz CT molecular complexity index is 444. The van der Waals surface area contributed by atoms with Crippen molar-refractivity contribution in [3.8, 4) is 5.75 Å². The summed E-state index contributed by atoms with van der Waals surface area (Å²) in [6.45, 7) is 0. The number of nitro benzene ring substituents is 1. The summed E-state index contributed by atoms with van der Waals surface area (Å²) in [7, 11) is 1.30. The molecule has 0 saturated heterocycles. The lowest BCUT2D eigenvalue weighted by atomic mass is 10.1. The van der Waals surface area contributed by atoms with Gasteiger partial charge in [-0.25, -0.2) is 4.79 Å². The number of rotatable bonds is 5. The van der Waals surface area contributed by atoms with Gasteiger partial charge >= 0.3 is 11.7 Å². The molecule has 2 N–H and O–H groups in total. The third-order valence-electron chi connectivity index (χ3n) is 2.15. The second-order valence-electron chi connectivity index (χ2n) is 3.32. The molecule has 0 aliphatic carbocycles. The zero-order chi connectivity index (χ0) is 13.0. The first-order chi connectivity index (χ1) is 7.95. The predicted molar refractivity (Wildman–Crippen MR) is 57.0 cm³/mol. The summed E-state index contributed by atoms with van der Waals surface area (Å²) in [4.78, 5) is 20.5. The van der Waals surface area contributed by atoms with Gasteiger partial charge in [0.1, 0.15) is 0 Å². The lowest BCUT2D eigenvalue weighted by Gasteiger charge is -2.07. The molecule has 0 spiro atoms. The van der Waals surface area contributed by atoms with Crippen molar-refractivity contribution in [2.24, 2.45) is 0 Å². The minimum absolute atomic E-state index is 0.0866. The Hall–Kier alpha value is -2.15. The van der Waals surface area contributed by atoms with Gasteiger partial charge in [0, 0.05) is 12.5 Å². The number of nitrogens with zero attached hydrogens (tertiary/aromatic N) is 1. The minimum Gasteiger partial charge on any atom is -0.490 e. The van der Waals surface area contributed by atoms with Crippen LogP contribution in [0.4, 0.5) is 5.69 Å². The molecule has 7 heteroatoms. The number of carbonyl (C=O) groups is 1. The summed E-state index contributed by atoms with van der Waals surface area (Å²) < 4.78 is 4.79. The van der Waals surface area contributed by atoms with Gasteiger partial charge in [-0.3, -0.25) is 10.1 Å². The normalized spacial score (nSPS) is 11.9. The summed E-state index contributed by atoms with van der Waals surface area (Å²) in [6.07, 6.45) is -1.77. The van der Waals surface area contributed by atoms with Crippen LogP contribution >= 0.6 is 0 Å². The van der Waals surface area contributed by atoms with Crippen molar-refractivity contribution in [2.75, 3.05) is 7.11 Å². The highest BCUT2D eigenvalue weighted by Crippen LogP contribution is 2.27. The van der Waals surface area contributed by atoms with Crippen molar-refractivity contribution in [1.29, 1.82) is 0 Å². The van der Waals surface area contributed by atoms with Gasteiger partial charge in [0.25, 0.3) is 0 Å². The topological polar surface area (TPSA) is 110 Å². The predicted octanol–water partition coefficient (Wildman–Crippen LogP) is 0.591. The Kier molecular flexibility index (Phi) is 4.00. The van der Waals surface area contributed by atoms with Crippen LogP contribution in [0.25, 0.3) is 0 Å². The molecule has 1 atom stereocenters. The highest BCUT2D eigenvalue weighted by atomic mass is 16.6. The first-order valence-corrected chi connectivity index (χ1v) is 4.68. The summed E-state index contributed by atoms with van der Waals surface area (Å²) in [5, 5.41) is 28.3. The van der Waals surface area contributed by atoms with Gasteiger partial charge in [-0.2, -0.15) is 0 Å². The second-order valence-corrected chi connectivity index (χ2v) is 3.32. The number of aliphatic hydroxyl groups is 1. The molecule has 0 fully saturated rings. The number of benzene rings is 1. The monoisotopic (exact) mass is 241 g/mol. The van der Waals surface area contributed by atoms with Gasteiger partial charge in [-0.1, -0.05) is 6.07 Å². The van der Waals surface area contributed by atoms with Crippen LogP contribution in [0.15, 0.2) is 18.2 Å². The van der Waals surface area contributed by atoms with E-state index in [1.54, 1.807) is 0 Å². The van der Waals surface area contributed by atoms with Gasteiger partial charge in [0.2, 0.25) is 0 Å². The number of nitro groups is 1. The van der Waals surface area contributed by atoms with Crippen LogP contribution in [0.1, 0.15) is 5.56 Å². The molecule has 0 radical (unpaired) electrons. The van der Waals surface area contributed by atoms with Crippen LogP contribution in [-0.4, -0.2) is 34.3 Å². The van der Waals surface area contributed by atoms with E-state index < -0.39 is 17.0 Å². The van der Waals surface area contributed by atoms with Crippen molar-refractivity contribution in [2.45, 2.75) is 12.5 Å². The van der Waals surface area contributed by atoms with Crippen LogP contribution in [0, 0.1) is 10.1 Å². The Labute approximate surface area is 96.4 Å². The first-order valence-electron chi connectivity index (χ1n) is 4.68. The Morgan fingerprint density at radius 1 is 1.59 bits per heavy atom. The fraction of sp³-hybridized carbons (Fsp3) is 0.300. The van der Waals surface area contributed by atoms with E-state index >= 15 is 0 Å². The fourth-order valence-corrected chi connectivity index (χ4v) is 1.32. The molecule has 17 heavy (non-hydrogen) atoms. The summed E-state index contributed by atoms with van der Waals surface area (Å²) >= 11 is 0. The number of hydrogen-bond acceptors (Lipinski definition) is 5. The van der Waals surface area contributed by atoms with Crippen LogP contribution in [0.5, 0.6) is 5.75 Å². The number of methoxy groups -OCH3 is 1. The number of aliphatic hydroxyl groups excluding tert-OH is 1. The molecule has 7 nitrogen and oxygen atoms in total. The van der Waals surface area contributed by atoms with Gasteiger partial charge in [-0.15, -0.1) is 0 Å². The lowest BCUT2D eigenvalue weighted by molar-refractivity contribution is -0.385. The molecule has 0 aliphatic heterocycles. The standard InChI is InChI=1S/C10H11NO6/c1-17-9-3-2-6(4-7(9)11(15)16)5-8(12)10(13)14/h2-4,8,12H,5H2,1H3,(H,13,14). The van der Waals surface area contributed by atoms with E-state index in [4.69, 9.17) is 14.9 Å². The third-order valence-corrected chi connectivity index (χ3v) is 2.15. The highest BCUT2D eigenvalue weighted by Gasteiger charge is 2.19. The summed E-state index contributed by atoms with van der Waals surface area (Å²) in [5.74, 6) is -1.29. The molecule has 0 aliphatic rings. The SMILES string of the molecule is COc1ccc(CC(O)C(=O)O)cc1[N+](=O)[O-]. The number of carboxylic acid groups (broad SMARTS) is 1. The third kappa shape index (κ3) is 3.15. The molecular weight excluding hydrogens is 230 g/mol. The molecule has 1 rings (SSSR count). The Morgan fingerprint density at radius 2 is 2.24 bits per heavy atom. The van der Waals surface area contributed by atoms with Gasteiger partial charge in [0.15, 0.2) is 11.9 Å². The molecule has 1 aromatic rings. The highest BCUT2D eigenvalue weighted by molar-refractivity contribution is 5.72. The van der Waals surface area contributed by atoms with Crippen LogP contribution in [0.2, 0.25) is 0 Å². The maximum atomic E-state index is 10.7.